The van der Waals surface area contributed by atoms with E-state index in [2.05, 4.69) is 0 Å². The lowest BCUT2D eigenvalue weighted by Crippen LogP contribution is -2.41. The van der Waals surface area contributed by atoms with Crippen LogP contribution in [0.2, 0.25) is 0 Å². The fraction of sp³-hybridized carbons (Fsp3) is 0.533. The van der Waals surface area contributed by atoms with Crippen molar-refractivity contribution in [3.05, 3.63) is 29.8 Å². The predicted molar refractivity (Wildman–Crippen MR) is 81.9 cm³/mol. The maximum absolute atomic E-state index is 12.6. The van der Waals surface area contributed by atoms with E-state index in [1.807, 2.05) is 4.90 Å². The van der Waals surface area contributed by atoms with Crippen LogP contribution in [0.25, 0.3) is 0 Å². The van der Waals surface area contributed by atoms with E-state index >= 15 is 0 Å². The molecule has 0 aliphatic heterocycles. The molecule has 6 heteroatoms. The summed E-state index contributed by atoms with van der Waals surface area (Å²) in [7, 11) is -3.24. The zero-order chi connectivity index (χ0) is 15.5. The van der Waals surface area contributed by atoms with Crippen LogP contribution in [0.1, 0.15) is 36.0 Å². The molecule has 5 nitrogen and oxygen atoms in total. The molecule has 1 saturated carbocycles. The number of hydrogen-bond donors (Lipinski definition) is 1. The maximum atomic E-state index is 12.6. The second-order valence-electron chi connectivity index (χ2n) is 5.52. The molecule has 2 rings (SSSR count). The second-order valence-corrected chi connectivity index (χ2v) is 7.54. The normalized spacial score (nSPS) is 16.1. The lowest BCUT2D eigenvalue weighted by molar-refractivity contribution is 0.0688. The van der Waals surface area contributed by atoms with Crippen LogP contribution in [-0.4, -0.2) is 44.6 Å². The highest BCUT2D eigenvalue weighted by molar-refractivity contribution is 7.90. The summed E-state index contributed by atoms with van der Waals surface area (Å²) >= 11 is 0. The van der Waals surface area contributed by atoms with Crippen molar-refractivity contribution in [3.8, 4) is 0 Å². The third-order valence-electron chi connectivity index (χ3n) is 3.93. The monoisotopic (exact) mass is 310 g/mol. The van der Waals surface area contributed by atoms with Crippen LogP contribution >= 0.6 is 0 Å². The molecule has 2 N–H and O–H groups in total. The zero-order valence-corrected chi connectivity index (χ0v) is 13.1. The van der Waals surface area contributed by atoms with Crippen LogP contribution in [0.4, 0.5) is 0 Å². The number of carbonyl (C=O) groups is 1. The molecule has 0 bridgehead atoms. The fourth-order valence-electron chi connectivity index (χ4n) is 2.82. The van der Waals surface area contributed by atoms with Gasteiger partial charge >= 0.3 is 0 Å². The lowest BCUT2D eigenvalue weighted by Gasteiger charge is -2.28. The molecule has 1 aliphatic carbocycles. The Kier molecular flexibility index (Phi) is 5.00. The number of amides is 1. The molecule has 1 aromatic rings. The van der Waals surface area contributed by atoms with Crippen molar-refractivity contribution in [1.29, 1.82) is 0 Å². The predicted octanol–water partition coefficient (Wildman–Crippen LogP) is 1.43. The molecule has 1 amide bonds. The highest BCUT2D eigenvalue weighted by Gasteiger charge is 2.26. The highest BCUT2D eigenvalue weighted by Crippen LogP contribution is 2.25. The molecular formula is C15H22N2O3S. The topological polar surface area (TPSA) is 80.5 Å². The van der Waals surface area contributed by atoms with Crippen LogP contribution in [-0.2, 0) is 9.84 Å². The van der Waals surface area contributed by atoms with Gasteiger partial charge in [-0.25, -0.2) is 8.42 Å². The Labute approximate surface area is 126 Å². The van der Waals surface area contributed by atoms with Gasteiger partial charge in [-0.3, -0.25) is 4.79 Å². The number of sulfone groups is 1. The quantitative estimate of drug-likeness (QED) is 0.892. The summed E-state index contributed by atoms with van der Waals surface area (Å²) in [6, 6.07) is 6.39. The van der Waals surface area contributed by atoms with Crippen molar-refractivity contribution in [2.75, 3.05) is 19.3 Å². The Hall–Kier alpha value is -1.40. The molecule has 0 saturated heterocycles. The largest absolute Gasteiger partial charge is 0.334 e. The first-order valence-electron chi connectivity index (χ1n) is 7.24. The van der Waals surface area contributed by atoms with Crippen LogP contribution in [0.5, 0.6) is 0 Å². The number of nitrogens with zero attached hydrogens (tertiary/aromatic N) is 1. The summed E-state index contributed by atoms with van der Waals surface area (Å²) in [6.45, 7) is 0.973. The molecule has 0 atom stereocenters. The molecule has 0 radical (unpaired) electrons. The van der Waals surface area contributed by atoms with Crippen molar-refractivity contribution in [1.82, 2.24) is 4.90 Å². The van der Waals surface area contributed by atoms with Crippen LogP contribution in [0.15, 0.2) is 29.2 Å². The molecule has 1 aromatic carbocycles. The second kappa shape index (κ2) is 6.58. The first-order valence-corrected chi connectivity index (χ1v) is 9.14. The van der Waals surface area contributed by atoms with Crippen LogP contribution < -0.4 is 5.73 Å². The lowest BCUT2D eigenvalue weighted by atomic mass is 10.1. The number of benzene rings is 1. The van der Waals surface area contributed by atoms with E-state index < -0.39 is 9.84 Å². The van der Waals surface area contributed by atoms with E-state index in [4.69, 9.17) is 5.73 Å². The van der Waals surface area contributed by atoms with Gasteiger partial charge in [0.1, 0.15) is 0 Å². The smallest absolute Gasteiger partial charge is 0.254 e. The minimum Gasteiger partial charge on any atom is -0.334 e. The van der Waals surface area contributed by atoms with Gasteiger partial charge in [0.25, 0.3) is 5.91 Å². The van der Waals surface area contributed by atoms with Crippen LogP contribution in [0, 0.1) is 0 Å². The third kappa shape index (κ3) is 3.83. The van der Waals surface area contributed by atoms with E-state index in [0.29, 0.717) is 18.7 Å². The third-order valence-corrected chi connectivity index (χ3v) is 5.05. The molecule has 0 spiro atoms. The molecular weight excluding hydrogens is 288 g/mol. The van der Waals surface area contributed by atoms with Crippen molar-refractivity contribution in [2.45, 2.75) is 36.6 Å². The molecule has 116 valence electrons. The summed E-state index contributed by atoms with van der Waals surface area (Å²) in [5.74, 6) is -0.0626. The Morgan fingerprint density at radius 3 is 2.29 bits per heavy atom. The number of nitrogens with two attached hydrogens (primary N) is 1. The summed E-state index contributed by atoms with van der Waals surface area (Å²) in [6.07, 6.45) is 5.49. The van der Waals surface area contributed by atoms with Crippen LogP contribution in [0.3, 0.4) is 0 Å². The number of rotatable bonds is 5. The van der Waals surface area contributed by atoms with Gasteiger partial charge in [-0.05, 0) is 37.1 Å². The highest BCUT2D eigenvalue weighted by atomic mass is 32.2. The van der Waals surface area contributed by atoms with Crippen molar-refractivity contribution >= 4 is 15.7 Å². The molecule has 1 fully saturated rings. The molecule has 0 unspecified atom stereocenters. The Bertz CT molecular complexity index is 590. The Morgan fingerprint density at radius 2 is 1.81 bits per heavy atom. The summed E-state index contributed by atoms with van der Waals surface area (Å²) in [5.41, 5.74) is 6.14. The maximum Gasteiger partial charge on any atom is 0.254 e. The first kappa shape index (κ1) is 16.0. The Balaban J connectivity index is 2.20. The Morgan fingerprint density at radius 1 is 1.24 bits per heavy atom. The van der Waals surface area contributed by atoms with E-state index in [1.54, 1.807) is 12.1 Å². The first-order chi connectivity index (χ1) is 9.93. The average Bonchev–Trinajstić information content (AvgIpc) is 2.97. The summed E-state index contributed by atoms with van der Waals surface area (Å²) in [4.78, 5) is 14.7. The van der Waals surface area contributed by atoms with Gasteiger partial charge in [0.15, 0.2) is 9.84 Å². The SMILES string of the molecule is CS(=O)(=O)c1ccc(C(=O)N(CCN)C2CCCC2)cc1. The molecule has 0 aromatic heterocycles. The van der Waals surface area contributed by atoms with Gasteiger partial charge in [-0.2, -0.15) is 0 Å². The van der Waals surface area contributed by atoms with E-state index in [0.717, 1.165) is 31.9 Å². The van der Waals surface area contributed by atoms with Gasteiger partial charge in [0.05, 0.1) is 4.90 Å². The summed E-state index contributed by atoms with van der Waals surface area (Å²) < 4.78 is 22.9. The van der Waals surface area contributed by atoms with E-state index in [-0.39, 0.29) is 16.8 Å². The molecule has 21 heavy (non-hydrogen) atoms. The van der Waals surface area contributed by atoms with Crippen molar-refractivity contribution in [2.24, 2.45) is 5.73 Å². The fourth-order valence-corrected chi connectivity index (χ4v) is 3.45. The van der Waals surface area contributed by atoms with Gasteiger partial charge in [-0.1, -0.05) is 12.8 Å². The number of hydrogen-bond acceptors (Lipinski definition) is 4. The van der Waals surface area contributed by atoms with Crippen molar-refractivity contribution < 1.29 is 13.2 Å². The molecule has 0 heterocycles. The standard InChI is InChI=1S/C15H22N2O3S/c1-21(19,20)14-8-6-12(7-9-14)15(18)17(11-10-16)13-4-2-3-5-13/h6-9,13H,2-5,10-11,16H2,1H3. The van der Waals surface area contributed by atoms with Gasteiger partial charge < -0.3 is 10.6 Å². The van der Waals surface area contributed by atoms with Crippen molar-refractivity contribution in [3.63, 3.8) is 0 Å². The zero-order valence-electron chi connectivity index (χ0n) is 12.3. The van der Waals surface area contributed by atoms with Gasteiger partial charge in [0, 0.05) is 31.0 Å². The van der Waals surface area contributed by atoms with E-state index in [9.17, 15) is 13.2 Å². The number of carbonyl (C=O) groups excluding carboxylic acids is 1. The molecule has 1 aliphatic rings. The average molecular weight is 310 g/mol. The summed E-state index contributed by atoms with van der Waals surface area (Å²) in [5, 5.41) is 0. The van der Waals surface area contributed by atoms with E-state index in [1.165, 1.54) is 12.1 Å². The minimum atomic E-state index is -3.24. The minimum absolute atomic E-state index is 0.0626. The van der Waals surface area contributed by atoms with Gasteiger partial charge in [0.2, 0.25) is 0 Å². The van der Waals surface area contributed by atoms with Gasteiger partial charge in [-0.15, -0.1) is 0 Å².